The number of hydrogen-bond acceptors (Lipinski definition) is 4. The van der Waals surface area contributed by atoms with Crippen LogP contribution in [0.25, 0.3) is 5.69 Å². The van der Waals surface area contributed by atoms with Crippen molar-refractivity contribution in [3.63, 3.8) is 0 Å². The Bertz CT molecular complexity index is 1070. The third-order valence-electron chi connectivity index (χ3n) is 5.82. The highest BCUT2D eigenvalue weighted by Crippen LogP contribution is 2.38. The lowest BCUT2D eigenvalue weighted by Crippen LogP contribution is -2.33. The summed E-state index contributed by atoms with van der Waals surface area (Å²) in [7, 11) is 0. The zero-order valence-corrected chi connectivity index (χ0v) is 16.9. The monoisotopic (exact) mass is 400 g/mol. The minimum Gasteiger partial charge on any atom is -0.393 e. The van der Waals surface area contributed by atoms with Gasteiger partial charge in [-0.1, -0.05) is 17.7 Å². The van der Waals surface area contributed by atoms with Gasteiger partial charge >= 0.3 is 0 Å². The molecule has 30 heavy (non-hydrogen) atoms. The summed E-state index contributed by atoms with van der Waals surface area (Å²) in [5, 5.41) is 22.3. The van der Waals surface area contributed by atoms with Crippen LogP contribution < -0.4 is 5.32 Å². The number of benzene rings is 1. The molecule has 0 saturated heterocycles. The number of amides is 1. The number of aryl methyl sites for hydroxylation is 1. The fourth-order valence-corrected chi connectivity index (χ4v) is 3.88. The van der Waals surface area contributed by atoms with E-state index in [9.17, 15) is 15.2 Å². The standard InChI is InChI=1S/C24H24N4O2/c1-17-2-5-20(6-3-17)28-13-10-18(15-28)23(30)27-19-4-7-22(26-14-19)24(16-25)11-8-21(29)9-12-24/h2-7,10,13-15,21,29H,8-9,11-12H2,1H3,(H,27,30)/t21-,24-. The van der Waals surface area contributed by atoms with E-state index in [1.165, 1.54) is 5.56 Å². The SMILES string of the molecule is Cc1ccc(-n2ccc(C(=O)Nc3ccc([C@]4(C#N)CC[C@@H](O)CC4)nc3)c2)cc1. The van der Waals surface area contributed by atoms with Crippen LogP contribution in [-0.4, -0.2) is 26.7 Å². The molecule has 1 aromatic carbocycles. The number of aliphatic hydroxyl groups excluding tert-OH is 1. The predicted molar refractivity (Wildman–Crippen MR) is 114 cm³/mol. The average molecular weight is 400 g/mol. The van der Waals surface area contributed by atoms with Crippen molar-refractivity contribution in [2.45, 2.75) is 44.1 Å². The van der Waals surface area contributed by atoms with Crippen LogP contribution in [0.2, 0.25) is 0 Å². The Balaban J connectivity index is 1.45. The van der Waals surface area contributed by atoms with E-state index in [0.29, 0.717) is 42.6 Å². The largest absolute Gasteiger partial charge is 0.393 e. The van der Waals surface area contributed by atoms with E-state index in [4.69, 9.17) is 0 Å². The van der Waals surface area contributed by atoms with E-state index < -0.39 is 5.41 Å². The smallest absolute Gasteiger partial charge is 0.257 e. The van der Waals surface area contributed by atoms with Crippen LogP contribution in [0.4, 0.5) is 5.69 Å². The number of nitrogens with zero attached hydrogens (tertiary/aromatic N) is 3. The van der Waals surface area contributed by atoms with Crippen LogP contribution in [-0.2, 0) is 5.41 Å². The van der Waals surface area contributed by atoms with Gasteiger partial charge in [0.1, 0.15) is 0 Å². The summed E-state index contributed by atoms with van der Waals surface area (Å²) in [5.41, 5.74) is 3.34. The lowest BCUT2D eigenvalue weighted by atomic mass is 9.72. The molecule has 1 aliphatic carbocycles. The zero-order chi connectivity index (χ0) is 21.1. The molecule has 3 aromatic rings. The molecule has 6 nitrogen and oxygen atoms in total. The first-order valence-corrected chi connectivity index (χ1v) is 10.1. The summed E-state index contributed by atoms with van der Waals surface area (Å²) < 4.78 is 1.91. The van der Waals surface area contributed by atoms with Gasteiger partial charge in [0, 0.05) is 18.1 Å². The third-order valence-corrected chi connectivity index (χ3v) is 5.82. The summed E-state index contributed by atoms with van der Waals surface area (Å²) in [4.78, 5) is 17.1. The summed E-state index contributed by atoms with van der Waals surface area (Å²) in [5.74, 6) is -0.216. The molecule has 0 radical (unpaired) electrons. The summed E-state index contributed by atoms with van der Waals surface area (Å²) in [6, 6.07) is 15.8. The van der Waals surface area contributed by atoms with Gasteiger partial charge in [0.25, 0.3) is 5.91 Å². The molecule has 6 heteroatoms. The van der Waals surface area contributed by atoms with E-state index in [1.54, 1.807) is 30.6 Å². The number of hydrogen-bond donors (Lipinski definition) is 2. The first-order chi connectivity index (χ1) is 14.5. The van der Waals surface area contributed by atoms with Crippen molar-refractivity contribution in [1.29, 1.82) is 5.26 Å². The van der Waals surface area contributed by atoms with Crippen LogP contribution in [0.15, 0.2) is 61.1 Å². The first-order valence-electron chi connectivity index (χ1n) is 10.1. The van der Waals surface area contributed by atoms with Crippen LogP contribution in [0.1, 0.15) is 47.3 Å². The maximum Gasteiger partial charge on any atom is 0.257 e. The van der Waals surface area contributed by atoms with Gasteiger partial charge < -0.3 is 15.0 Å². The van der Waals surface area contributed by atoms with Crippen molar-refractivity contribution in [2.24, 2.45) is 0 Å². The second-order valence-corrected chi connectivity index (χ2v) is 7.95. The van der Waals surface area contributed by atoms with Crippen molar-refractivity contribution in [3.8, 4) is 11.8 Å². The molecule has 2 N–H and O–H groups in total. The molecular weight excluding hydrogens is 376 g/mol. The molecule has 1 amide bonds. The topological polar surface area (TPSA) is 90.9 Å². The molecular formula is C24H24N4O2. The van der Waals surface area contributed by atoms with Crippen molar-refractivity contribution >= 4 is 11.6 Å². The number of nitrogens with one attached hydrogen (secondary N) is 1. The summed E-state index contributed by atoms with van der Waals surface area (Å²) in [6.07, 6.45) is 7.30. The van der Waals surface area contributed by atoms with Crippen molar-refractivity contribution in [1.82, 2.24) is 9.55 Å². The molecule has 0 bridgehead atoms. The fraction of sp³-hybridized carbons (Fsp3) is 0.292. The molecule has 1 aliphatic rings. The maximum atomic E-state index is 12.6. The van der Waals surface area contributed by atoms with Gasteiger partial charge in [-0.2, -0.15) is 5.26 Å². The normalized spacial score (nSPS) is 21.0. The van der Waals surface area contributed by atoms with E-state index >= 15 is 0 Å². The molecule has 0 unspecified atom stereocenters. The molecule has 0 atom stereocenters. The van der Waals surface area contributed by atoms with E-state index in [2.05, 4.69) is 16.4 Å². The molecule has 0 aliphatic heterocycles. The highest BCUT2D eigenvalue weighted by atomic mass is 16.3. The average Bonchev–Trinajstić information content (AvgIpc) is 3.26. The second-order valence-electron chi connectivity index (χ2n) is 7.95. The minimum atomic E-state index is -0.660. The van der Waals surface area contributed by atoms with Crippen molar-refractivity contribution in [3.05, 3.63) is 77.9 Å². The highest BCUT2D eigenvalue weighted by Gasteiger charge is 2.37. The number of rotatable bonds is 4. The quantitative estimate of drug-likeness (QED) is 0.689. The summed E-state index contributed by atoms with van der Waals surface area (Å²) in [6.45, 7) is 2.04. The Labute approximate surface area is 175 Å². The predicted octanol–water partition coefficient (Wildman–Crippen LogP) is 4.13. The van der Waals surface area contributed by atoms with Crippen LogP contribution in [0, 0.1) is 18.3 Å². The minimum absolute atomic E-state index is 0.216. The van der Waals surface area contributed by atoms with Gasteiger partial charge in [0.05, 0.1) is 40.7 Å². The number of carbonyl (C=O) groups excluding carboxylic acids is 1. The van der Waals surface area contributed by atoms with Gasteiger partial charge in [-0.3, -0.25) is 9.78 Å². The number of pyridine rings is 1. The van der Waals surface area contributed by atoms with Gasteiger partial charge in [0.15, 0.2) is 0 Å². The number of anilines is 1. The molecule has 4 rings (SSSR count). The van der Waals surface area contributed by atoms with Gasteiger partial charge in [-0.15, -0.1) is 0 Å². The van der Waals surface area contributed by atoms with Crippen LogP contribution in [0.5, 0.6) is 0 Å². The molecule has 2 heterocycles. The number of carbonyl (C=O) groups is 1. The Morgan fingerprint density at radius 1 is 1.20 bits per heavy atom. The molecule has 1 fully saturated rings. The second kappa shape index (κ2) is 8.13. The van der Waals surface area contributed by atoms with Gasteiger partial charge in [0.2, 0.25) is 0 Å². The van der Waals surface area contributed by atoms with E-state index in [0.717, 1.165) is 5.69 Å². The van der Waals surface area contributed by atoms with E-state index in [1.807, 2.05) is 42.0 Å². The lowest BCUT2D eigenvalue weighted by molar-refractivity contribution is 0.102. The summed E-state index contributed by atoms with van der Waals surface area (Å²) >= 11 is 0. The molecule has 152 valence electrons. The number of nitriles is 1. The number of aromatic nitrogens is 2. The Morgan fingerprint density at radius 2 is 1.93 bits per heavy atom. The Hall–Kier alpha value is -3.43. The van der Waals surface area contributed by atoms with Gasteiger partial charge in [-0.05, 0) is 62.9 Å². The van der Waals surface area contributed by atoms with Crippen molar-refractivity contribution in [2.75, 3.05) is 5.32 Å². The van der Waals surface area contributed by atoms with E-state index in [-0.39, 0.29) is 12.0 Å². The maximum absolute atomic E-state index is 12.6. The van der Waals surface area contributed by atoms with Crippen LogP contribution >= 0.6 is 0 Å². The van der Waals surface area contributed by atoms with Crippen LogP contribution in [0.3, 0.4) is 0 Å². The molecule has 2 aromatic heterocycles. The molecule has 0 spiro atoms. The number of aliphatic hydroxyl groups is 1. The fourth-order valence-electron chi connectivity index (χ4n) is 3.88. The first kappa shape index (κ1) is 19.9. The Morgan fingerprint density at radius 3 is 2.57 bits per heavy atom. The van der Waals surface area contributed by atoms with Gasteiger partial charge in [-0.25, -0.2) is 0 Å². The third kappa shape index (κ3) is 3.98. The lowest BCUT2D eigenvalue weighted by Gasteiger charge is -2.32. The Kier molecular flexibility index (Phi) is 5.39. The molecule has 1 saturated carbocycles. The highest BCUT2D eigenvalue weighted by molar-refractivity contribution is 6.04. The zero-order valence-electron chi connectivity index (χ0n) is 16.9. The van der Waals surface area contributed by atoms with Crippen molar-refractivity contribution < 1.29 is 9.90 Å².